The van der Waals surface area contributed by atoms with Crippen LogP contribution in [0.1, 0.15) is 440 Å². The zero-order valence-corrected chi connectivity index (χ0v) is 69.6. The molecule has 103 heavy (non-hydrogen) atoms. The minimum Gasteiger partial charge on any atom is -0.462 e. The van der Waals surface area contributed by atoms with Gasteiger partial charge in [-0.1, -0.05) is 389 Å². The predicted octanol–water partition coefficient (Wildman–Crippen LogP) is 25.3. The lowest BCUT2D eigenvalue weighted by Crippen LogP contribution is -2.30. The van der Waals surface area contributed by atoms with Crippen LogP contribution in [0.2, 0.25) is 0 Å². The fraction of sp³-hybridized carbons (Fsp3) is 0.952. The summed E-state index contributed by atoms with van der Waals surface area (Å²) < 4.78 is 68.8. The molecule has 0 aromatic rings. The number of hydrogen-bond acceptors (Lipinski definition) is 15. The van der Waals surface area contributed by atoms with E-state index in [2.05, 4.69) is 48.5 Å². The van der Waals surface area contributed by atoms with Crippen molar-refractivity contribution in [3.8, 4) is 0 Å². The Labute approximate surface area is 632 Å². The van der Waals surface area contributed by atoms with E-state index in [1.165, 1.54) is 244 Å². The van der Waals surface area contributed by atoms with Crippen molar-refractivity contribution in [2.75, 3.05) is 39.6 Å². The van der Waals surface area contributed by atoms with E-state index in [0.717, 1.165) is 108 Å². The van der Waals surface area contributed by atoms with Crippen molar-refractivity contribution < 1.29 is 80.2 Å². The SMILES string of the molecule is CCCCCCCCCCCCCCCCCCCCCCCCC(=O)O[C@H](COC(=O)CCCCCCCCCCCCCCCCC(C)C)COP(=O)(O)OC[C@@H](O)COP(=O)(O)OC[C@@H](COC(=O)CCCCCCCCCC(C)C)OC(=O)CCCCCCCCCCCCCC(C)C. The van der Waals surface area contributed by atoms with Gasteiger partial charge in [0.2, 0.25) is 0 Å². The number of carbonyl (C=O) groups is 4. The van der Waals surface area contributed by atoms with Gasteiger partial charge in [-0.3, -0.25) is 37.3 Å². The van der Waals surface area contributed by atoms with Crippen LogP contribution in [0.15, 0.2) is 0 Å². The van der Waals surface area contributed by atoms with Gasteiger partial charge in [-0.25, -0.2) is 9.13 Å². The first kappa shape index (κ1) is 101. The van der Waals surface area contributed by atoms with E-state index >= 15 is 0 Å². The van der Waals surface area contributed by atoms with E-state index < -0.39 is 97.5 Å². The monoisotopic (exact) mass is 1510 g/mol. The van der Waals surface area contributed by atoms with Gasteiger partial charge in [0.05, 0.1) is 26.4 Å². The van der Waals surface area contributed by atoms with Crippen LogP contribution < -0.4 is 0 Å². The van der Waals surface area contributed by atoms with Gasteiger partial charge in [0, 0.05) is 25.7 Å². The van der Waals surface area contributed by atoms with Crippen LogP contribution in [-0.2, 0) is 65.4 Å². The van der Waals surface area contributed by atoms with Crippen molar-refractivity contribution in [2.24, 2.45) is 17.8 Å². The van der Waals surface area contributed by atoms with Crippen LogP contribution in [0.25, 0.3) is 0 Å². The number of unbranched alkanes of at least 4 members (excludes halogenated alkanes) is 50. The lowest BCUT2D eigenvalue weighted by Gasteiger charge is -2.21. The van der Waals surface area contributed by atoms with Gasteiger partial charge >= 0.3 is 39.5 Å². The first-order chi connectivity index (χ1) is 49.7. The quantitative estimate of drug-likeness (QED) is 0.0222. The Bertz CT molecular complexity index is 1990. The van der Waals surface area contributed by atoms with Crippen molar-refractivity contribution in [3.05, 3.63) is 0 Å². The summed E-state index contributed by atoms with van der Waals surface area (Å²) in [6.07, 6.45) is 64.1. The van der Waals surface area contributed by atoms with Gasteiger partial charge in [-0.15, -0.1) is 0 Å². The molecule has 0 aliphatic carbocycles. The number of phosphoric ester groups is 2. The number of phosphoric acid groups is 2. The summed E-state index contributed by atoms with van der Waals surface area (Å²) in [5.41, 5.74) is 0. The number of ether oxygens (including phenoxy) is 4. The van der Waals surface area contributed by atoms with Crippen LogP contribution in [0.3, 0.4) is 0 Å². The maximum atomic E-state index is 13.1. The smallest absolute Gasteiger partial charge is 0.462 e. The molecule has 0 aliphatic rings. The van der Waals surface area contributed by atoms with Gasteiger partial charge in [0.1, 0.15) is 19.3 Å². The summed E-state index contributed by atoms with van der Waals surface area (Å²) in [6.45, 7) is 11.9. The zero-order chi connectivity index (χ0) is 75.8. The van der Waals surface area contributed by atoms with E-state index in [1.807, 2.05) is 0 Å². The third kappa shape index (κ3) is 78.0. The molecule has 0 rings (SSSR count). The molecule has 0 heterocycles. The third-order valence-electron chi connectivity index (χ3n) is 19.6. The molecule has 0 saturated carbocycles. The minimum atomic E-state index is -4.96. The first-order valence-corrected chi connectivity index (χ1v) is 46.3. The summed E-state index contributed by atoms with van der Waals surface area (Å²) in [4.78, 5) is 73.1. The maximum absolute atomic E-state index is 13.1. The van der Waals surface area contributed by atoms with Gasteiger partial charge in [0.25, 0.3) is 0 Å². The lowest BCUT2D eigenvalue weighted by atomic mass is 10.0. The first-order valence-electron chi connectivity index (χ1n) is 43.3. The lowest BCUT2D eigenvalue weighted by molar-refractivity contribution is -0.161. The number of aliphatic hydroxyl groups is 1. The van der Waals surface area contributed by atoms with Gasteiger partial charge < -0.3 is 33.8 Å². The number of hydrogen-bond donors (Lipinski definition) is 3. The summed E-state index contributed by atoms with van der Waals surface area (Å²) in [7, 11) is -9.92. The van der Waals surface area contributed by atoms with Crippen molar-refractivity contribution in [1.29, 1.82) is 0 Å². The fourth-order valence-corrected chi connectivity index (χ4v) is 14.6. The second-order valence-electron chi connectivity index (χ2n) is 31.6. The second-order valence-corrected chi connectivity index (χ2v) is 34.6. The zero-order valence-electron chi connectivity index (χ0n) is 67.8. The van der Waals surface area contributed by atoms with E-state index in [4.69, 9.17) is 37.0 Å². The normalized spacial score (nSPS) is 13.9. The second kappa shape index (κ2) is 74.2. The van der Waals surface area contributed by atoms with E-state index in [-0.39, 0.29) is 25.7 Å². The van der Waals surface area contributed by atoms with Crippen LogP contribution in [0.4, 0.5) is 0 Å². The maximum Gasteiger partial charge on any atom is 0.472 e. The third-order valence-corrected chi connectivity index (χ3v) is 21.5. The highest BCUT2D eigenvalue weighted by atomic mass is 31.2. The Morgan fingerprint density at radius 2 is 0.447 bits per heavy atom. The van der Waals surface area contributed by atoms with Crippen molar-refractivity contribution >= 4 is 39.5 Å². The molecular weight excluding hydrogens is 1340 g/mol. The van der Waals surface area contributed by atoms with Crippen molar-refractivity contribution in [2.45, 2.75) is 458 Å². The Kier molecular flexibility index (Phi) is 72.8. The molecule has 0 saturated heterocycles. The Morgan fingerprint density at radius 1 is 0.262 bits per heavy atom. The number of aliphatic hydroxyl groups excluding tert-OH is 1. The van der Waals surface area contributed by atoms with E-state index in [0.29, 0.717) is 31.6 Å². The summed E-state index contributed by atoms with van der Waals surface area (Å²) in [6, 6.07) is 0. The minimum absolute atomic E-state index is 0.106. The molecule has 3 N–H and O–H groups in total. The topological polar surface area (TPSA) is 237 Å². The molecule has 5 atom stereocenters. The van der Waals surface area contributed by atoms with Gasteiger partial charge in [-0.05, 0) is 43.4 Å². The van der Waals surface area contributed by atoms with Crippen molar-refractivity contribution in [3.63, 3.8) is 0 Å². The van der Waals surface area contributed by atoms with E-state index in [1.54, 1.807) is 0 Å². The molecule has 0 aliphatic heterocycles. The molecule has 17 nitrogen and oxygen atoms in total. The Hall–Kier alpha value is -1.94. The highest BCUT2D eigenvalue weighted by Crippen LogP contribution is 2.45. The van der Waals surface area contributed by atoms with Crippen LogP contribution in [-0.4, -0.2) is 96.7 Å². The highest BCUT2D eigenvalue weighted by molar-refractivity contribution is 7.47. The standard InChI is InChI=1S/C84H164O17P2/c1-8-9-10-11-12-13-14-15-16-17-18-19-20-21-22-23-28-33-38-45-53-60-67-83(88)100-79(71-94-81(86)65-58-51-44-37-32-27-25-24-26-30-35-41-48-55-62-75(2)3)73-98-102(90,91)96-69-78(85)70-97-103(92,93)99-74-80(72-95-82(87)66-59-52-47-40-43-50-57-64-77(6)7)101-84(89)68-61-54-46-39-34-29-31-36-42-49-56-63-76(4)5/h75-80,85H,8-74H2,1-7H3,(H,90,91)(H,92,93)/t78-,79-,80-/m1/s1. The Morgan fingerprint density at radius 3 is 0.660 bits per heavy atom. The summed E-state index contributed by atoms with van der Waals surface area (Å²) >= 11 is 0. The van der Waals surface area contributed by atoms with Crippen LogP contribution in [0, 0.1) is 17.8 Å². The average Bonchev–Trinajstić information content (AvgIpc) is 0.971. The molecule has 19 heteroatoms. The van der Waals surface area contributed by atoms with Crippen molar-refractivity contribution in [1.82, 2.24) is 0 Å². The highest BCUT2D eigenvalue weighted by Gasteiger charge is 2.30. The fourth-order valence-electron chi connectivity index (χ4n) is 13.0. The summed E-state index contributed by atoms with van der Waals surface area (Å²) in [5, 5.41) is 10.7. The molecule has 0 radical (unpaired) electrons. The molecular formula is C84H164O17P2. The van der Waals surface area contributed by atoms with Gasteiger partial charge in [-0.2, -0.15) is 0 Å². The Balaban J connectivity index is 5.22. The molecule has 0 amide bonds. The molecule has 612 valence electrons. The molecule has 0 aromatic heterocycles. The molecule has 0 aromatic carbocycles. The molecule has 0 fully saturated rings. The molecule has 2 unspecified atom stereocenters. The predicted molar refractivity (Wildman–Crippen MR) is 423 cm³/mol. The largest absolute Gasteiger partial charge is 0.472 e. The van der Waals surface area contributed by atoms with E-state index in [9.17, 15) is 43.2 Å². The summed E-state index contributed by atoms with van der Waals surface area (Å²) in [5.74, 6) is 0.160. The van der Waals surface area contributed by atoms with Gasteiger partial charge in [0.15, 0.2) is 12.2 Å². The number of esters is 4. The molecule has 0 spiro atoms. The number of rotatable bonds is 82. The van der Waals surface area contributed by atoms with Crippen LogP contribution >= 0.6 is 15.6 Å². The van der Waals surface area contributed by atoms with Crippen LogP contribution in [0.5, 0.6) is 0 Å². The number of carbonyl (C=O) groups excluding carboxylic acids is 4. The average molecular weight is 1510 g/mol. The molecule has 0 bridgehead atoms.